The van der Waals surface area contributed by atoms with Crippen LogP contribution in [0.15, 0.2) is 9.52 Å². The summed E-state index contributed by atoms with van der Waals surface area (Å²) in [5.41, 5.74) is 0. The van der Waals surface area contributed by atoms with Gasteiger partial charge in [-0.25, -0.2) is 4.99 Å². The highest BCUT2D eigenvalue weighted by atomic mass is 16.5. The van der Waals surface area contributed by atoms with Crippen molar-refractivity contribution >= 4 is 5.96 Å². The fourth-order valence-electron chi connectivity index (χ4n) is 3.56. The maximum absolute atomic E-state index is 5.00. The lowest BCUT2D eigenvalue weighted by Crippen LogP contribution is -2.40. The molecule has 116 valence electrons. The quantitative estimate of drug-likeness (QED) is 0.681. The number of nitrogens with zero attached hydrogens (tertiary/aromatic N) is 4. The fraction of sp³-hybridized carbons (Fsp3) is 0.800. The van der Waals surface area contributed by atoms with Crippen LogP contribution in [0.3, 0.4) is 0 Å². The first-order valence-corrected chi connectivity index (χ1v) is 8.08. The van der Waals surface area contributed by atoms with Gasteiger partial charge in [-0.3, -0.25) is 0 Å². The molecule has 3 rings (SSSR count). The van der Waals surface area contributed by atoms with Crippen LogP contribution in [-0.4, -0.2) is 40.6 Å². The molecule has 21 heavy (non-hydrogen) atoms. The van der Waals surface area contributed by atoms with Gasteiger partial charge in [0.2, 0.25) is 5.89 Å². The van der Waals surface area contributed by atoms with Crippen molar-refractivity contribution < 1.29 is 4.52 Å². The maximum atomic E-state index is 5.00. The summed E-state index contributed by atoms with van der Waals surface area (Å²) in [6.07, 6.45) is 5.55. The predicted octanol–water partition coefficient (Wildman–Crippen LogP) is 1.97. The molecule has 0 bridgehead atoms. The van der Waals surface area contributed by atoms with Crippen molar-refractivity contribution in [2.45, 2.75) is 46.1 Å². The normalized spacial score (nSPS) is 26.0. The van der Waals surface area contributed by atoms with Crippen LogP contribution < -0.4 is 5.32 Å². The third-order valence-electron chi connectivity index (χ3n) is 4.55. The van der Waals surface area contributed by atoms with Crippen molar-refractivity contribution in [1.82, 2.24) is 20.4 Å². The van der Waals surface area contributed by atoms with E-state index in [0.29, 0.717) is 18.3 Å². The molecule has 2 heterocycles. The molecule has 2 unspecified atom stereocenters. The highest BCUT2D eigenvalue weighted by Crippen LogP contribution is 2.35. The van der Waals surface area contributed by atoms with Crippen molar-refractivity contribution in [2.75, 3.05) is 19.6 Å². The molecule has 1 aromatic rings. The third kappa shape index (κ3) is 3.36. The highest BCUT2D eigenvalue weighted by Gasteiger charge is 2.35. The van der Waals surface area contributed by atoms with Gasteiger partial charge < -0.3 is 14.7 Å². The number of aliphatic imine (C=N–C) groups is 1. The number of guanidine groups is 1. The molecule has 1 N–H and O–H groups in total. The van der Waals surface area contributed by atoms with Gasteiger partial charge in [0.25, 0.3) is 0 Å². The number of likely N-dealkylation sites (tertiary alicyclic amines) is 1. The Morgan fingerprint density at radius 3 is 2.62 bits per heavy atom. The van der Waals surface area contributed by atoms with Crippen LogP contribution >= 0.6 is 0 Å². The summed E-state index contributed by atoms with van der Waals surface area (Å²) in [4.78, 5) is 11.3. The van der Waals surface area contributed by atoms with Crippen molar-refractivity contribution in [3.63, 3.8) is 0 Å². The van der Waals surface area contributed by atoms with Crippen LogP contribution in [0.25, 0.3) is 0 Å². The molecule has 2 aliphatic rings. The van der Waals surface area contributed by atoms with E-state index in [1.54, 1.807) is 6.92 Å². The summed E-state index contributed by atoms with van der Waals surface area (Å²) in [7, 11) is 0. The van der Waals surface area contributed by atoms with Crippen LogP contribution in [-0.2, 0) is 6.54 Å². The molecule has 2 atom stereocenters. The Kier molecular flexibility index (Phi) is 4.41. The molecule has 0 radical (unpaired) electrons. The van der Waals surface area contributed by atoms with Crippen LogP contribution in [0.4, 0.5) is 0 Å². The van der Waals surface area contributed by atoms with Gasteiger partial charge in [-0.05, 0) is 31.6 Å². The first-order chi connectivity index (χ1) is 10.3. The van der Waals surface area contributed by atoms with Gasteiger partial charge in [0.15, 0.2) is 11.8 Å². The lowest BCUT2D eigenvalue weighted by molar-refractivity contribution is 0.299. The molecular formula is C15H25N5O. The monoisotopic (exact) mass is 291 g/mol. The summed E-state index contributed by atoms with van der Waals surface area (Å²) in [5, 5.41) is 7.31. The minimum atomic E-state index is 0.478. The Morgan fingerprint density at radius 1 is 1.33 bits per heavy atom. The average Bonchev–Trinajstić information content (AvgIpc) is 3.09. The first kappa shape index (κ1) is 14.4. The van der Waals surface area contributed by atoms with Gasteiger partial charge in [-0.1, -0.05) is 18.0 Å². The summed E-state index contributed by atoms with van der Waals surface area (Å²) < 4.78 is 5.00. The van der Waals surface area contributed by atoms with Gasteiger partial charge in [-0.2, -0.15) is 4.98 Å². The van der Waals surface area contributed by atoms with Crippen LogP contribution in [0, 0.1) is 18.8 Å². The molecule has 1 aliphatic heterocycles. The molecule has 1 aromatic heterocycles. The zero-order valence-electron chi connectivity index (χ0n) is 13.0. The Labute approximate surface area is 126 Å². The highest BCUT2D eigenvalue weighted by molar-refractivity contribution is 5.80. The van der Waals surface area contributed by atoms with E-state index in [-0.39, 0.29) is 0 Å². The number of hydrogen-bond donors (Lipinski definition) is 1. The van der Waals surface area contributed by atoms with Crippen molar-refractivity contribution in [1.29, 1.82) is 0 Å². The Morgan fingerprint density at radius 2 is 2.05 bits per heavy atom. The average molecular weight is 291 g/mol. The summed E-state index contributed by atoms with van der Waals surface area (Å²) >= 11 is 0. The van der Waals surface area contributed by atoms with Crippen molar-refractivity contribution in [2.24, 2.45) is 16.8 Å². The SMILES string of the molecule is CCNC(=NCc1noc(C)n1)N1CC2CCCCC2C1. The van der Waals surface area contributed by atoms with E-state index >= 15 is 0 Å². The second-order valence-corrected chi connectivity index (χ2v) is 6.11. The molecule has 6 nitrogen and oxygen atoms in total. The molecule has 1 saturated carbocycles. The topological polar surface area (TPSA) is 66.5 Å². The van der Waals surface area contributed by atoms with Crippen LogP contribution in [0.2, 0.25) is 0 Å². The minimum Gasteiger partial charge on any atom is -0.357 e. The zero-order chi connectivity index (χ0) is 14.7. The van der Waals surface area contributed by atoms with Gasteiger partial charge in [0.1, 0.15) is 6.54 Å². The van der Waals surface area contributed by atoms with E-state index in [9.17, 15) is 0 Å². The lowest BCUT2D eigenvalue weighted by Gasteiger charge is -2.22. The van der Waals surface area contributed by atoms with E-state index in [4.69, 9.17) is 4.52 Å². The lowest BCUT2D eigenvalue weighted by atomic mass is 9.82. The number of nitrogens with one attached hydrogen (secondary N) is 1. The summed E-state index contributed by atoms with van der Waals surface area (Å²) in [6.45, 7) is 7.55. The molecular weight excluding hydrogens is 266 g/mol. The smallest absolute Gasteiger partial charge is 0.223 e. The molecule has 2 fully saturated rings. The van der Waals surface area contributed by atoms with E-state index in [1.165, 1.54) is 25.7 Å². The Balaban J connectivity index is 1.66. The van der Waals surface area contributed by atoms with Gasteiger partial charge in [-0.15, -0.1) is 0 Å². The van der Waals surface area contributed by atoms with E-state index in [1.807, 2.05) is 0 Å². The van der Waals surface area contributed by atoms with Gasteiger partial charge >= 0.3 is 0 Å². The third-order valence-corrected chi connectivity index (χ3v) is 4.55. The minimum absolute atomic E-state index is 0.478. The Hall–Kier alpha value is -1.59. The number of aromatic nitrogens is 2. The van der Waals surface area contributed by atoms with Gasteiger partial charge in [0.05, 0.1) is 0 Å². The largest absolute Gasteiger partial charge is 0.357 e. The number of aryl methyl sites for hydroxylation is 1. The molecule has 0 amide bonds. The van der Waals surface area contributed by atoms with Crippen LogP contribution in [0.5, 0.6) is 0 Å². The van der Waals surface area contributed by atoms with E-state index in [0.717, 1.165) is 37.4 Å². The molecule has 1 aliphatic carbocycles. The standard InChI is InChI=1S/C15H25N5O/c1-3-16-15(17-8-14-18-11(2)21-19-14)20-9-12-6-4-5-7-13(12)10-20/h12-13H,3-10H2,1-2H3,(H,16,17). The van der Waals surface area contributed by atoms with E-state index < -0.39 is 0 Å². The number of hydrogen-bond acceptors (Lipinski definition) is 4. The molecule has 6 heteroatoms. The zero-order valence-corrected chi connectivity index (χ0v) is 13.0. The Bertz CT molecular complexity index is 484. The van der Waals surface area contributed by atoms with Crippen molar-refractivity contribution in [3.8, 4) is 0 Å². The van der Waals surface area contributed by atoms with Crippen molar-refractivity contribution in [3.05, 3.63) is 11.7 Å². The summed E-state index contributed by atoms with van der Waals surface area (Å²) in [5.74, 6) is 3.95. The molecule has 0 aromatic carbocycles. The summed E-state index contributed by atoms with van der Waals surface area (Å²) in [6, 6.07) is 0. The predicted molar refractivity (Wildman–Crippen MR) is 80.9 cm³/mol. The fourth-order valence-corrected chi connectivity index (χ4v) is 3.56. The maximum Gasteiger partial charge on any atom is 0.223 e. The number of rotatable bonds is 3. The van der Waals surface area contributed by atoms with Gasteiger partial charge in [0, 0.05) is 26.6 Å². The van der Waals surface area contributed by atoms with Crippen LogP contribution in [0.1, 0.15) is 44.3 Å². The second kappa shape index (κ2) is 6.45. The molecule has 1 saturated heterocycles. The van der Waals surface area contributed by atoms with E-state index in [2.05, 4.69) is 32.3 Å². The molecule has 0 spiro atoms. The number of fused-ring (bicyclic) bond motifs is 1. The first-order valence-electron chi connectivity index (χ1n) is 8.08. The second-order valence-electron chi connectivity index (χ2n) is 6.11.